The van der Waals surface area contributed by atoms with Gasteiger partial charge in [-0.05, 0) is 37.7 Å². The summed E-state index contributed by atoms with van der Waals surface area (Å²) in [6.07, 6.45) is 0. The van der Waals surface area contributed by atoms with Crippen LogP contribution in [0.15, 0.2) is 22.7 Å². The Kier molecular flexibility index (Phi) is 8.05. The number of amides is 3. The number of halogens is 1. The summed E-state index contributed by atoms with van der Waals surface area (Å²) in [6.45, 7) is 2.06. The predicted molar refractivity (Wildman–Crippen MR) is 101 cm³/mol. The fourth-order valence-corrected chi connectivity index (χ4v) is 2.52. The van der Waals surface area contributed by atoms with Crippen LogP contribution in [0.1, 0.15) is 5.56 Å². The van der Waals surface area contributed by atoms with Crippen LogP contribution in [0.3, 0.4) is 0 Å². The van der Waals surface area contributed by atoms with Crippen LogP contribution in [0.2, 0.25) is 0 Å². The molecule has 1 aromatic rings. The van der Waals surface area contributed by atoms with Crippen LogP contribution in [-0.4, -0.2) is 80.2 Å². The Labute approximate surface area is 157 Å². The van der Waals surface area contributed by atoms with Gasteiger partial charge in [0.05, 0.1) is 19.6 Å². The molecule has 138 valence electrons. The Balaban J connectivity index is 2.49. The molecule has 0 aromatic heterocycles. The van der Waals surface area contributed by atoms with E-state index in [1.807, 2.05) is 25.1 Å². The number of anilines is 1. The topological polar surface area (TPSA) is 73.0 Å². The summed E-state index contributed by atoms with van der Waals surface area (Å²) >= 11 is 3.38. The molecule has 0 aliphatic rings. The lowest BCUT2D eigenvalue weighted by molar-refractivity contribution is -0.138. The summed E-state index contributed by atoms with van der Waals surface area (Å²) in [5, 5.41) is 2.83. The summed E-state index contributed by atoms with van der Waals surface area (Å²) in [5.41, 5.74) is 1.69. The lowest BCUT2D eigenvalue weighted by atomic mass is 10.2. The molecule has 0 heterocycles. The number of benzene rings is 1. The highest BCUT2D eigenvalue weighted by atomic mass is 79.9. The molecule has 0 unspecified atom stereocenters. The Morgan fingerprint density at radius 2 is 1.64 bits per heavy atom. The predicted octanol–water partition coefficient (Wildman–Crippen LogP) is 1.17. The van der Waals surface area contributed by atoms with Crippen LogP contribution in [0.5, 0.6) is 0 Å². The molecule has 0 aliphatic carbocycles. The zero-order valence-corrected chi connectivity index (χ0v) is 16.9. The summed E-state index contributed by atoms with van der Waals surface area (Å²) < 4.78 is 0.945. The van der Waals surface area contributed by atoms with Gasteiger partial charge in [-0.25, -0.2) is 0 Å². The average molecular weight is 413 g/mol. The molecule has 0 saturated carbocycles. The van der Waals surface area contributed by atoms with Crippen molar-refractivity contribution in [1.82, 2.24) is 14.7 Å². The van der Waals surface area contributed by atoms with Gasteiger partial charge in [-0.15, -0.1) is 0 Å². The van der Waals surface area contributed by atoms with Crippen LogP contribution in [0.4, 0.5) is 5.69 Å². The number of likely N-dealkylation sites (N-methyl/N-ethyl adjacent to an activating group) is 3. The Bertz CT molecular complexity index is 649. The fourth-order valence-electron chi connectivity index (χ4n) is 2.04. The highest BCUT2D eigenvalue weighted by Crippen LogP contribution is 2.19. The first-order chi connectivity index (χ1) is 11.6. The minimum atomic E-state index is -0.217. The molecule has 1 N–H and O–H groups in total. The number of nitrogens with zero attached hydrogens (tertiary/aromatic N) is 3. The minimum absolute atomic E-state index is 0.0178. The second-order valence-electron chi connectivity index (χ2n) is 6.22. The molecule has 0 atom stereocenters. The minimum Gasteiger partial charge on any atom is -0.347 e. The third-order valence-electron chi connectivity index (χ3n) is 3.58. The van der Waals surface area contributed by atoms with E-state index < -0.39 is 0 Å². The van der Waals surface area contributed by atoms with Gasteiger partial charge in [0.15, 0.2) is 0 Å². The molecule has 0 fully saturated rings. The molecule has 25 heavy (non-hydrogen) atoms. The van der Waals surface area contributed by atoms with Gasteiger partial charge >= 0.3 is 0 Å². The Morgan fingerprint density at radius 1 is 1.00 bits per heavy atom. The second kappa shape index (κ2) is 9.53. The number of hydrogen-bond donors (Lipinski definition) is 1. The third-order valence-corrected chi connectivity index (χ3v) is 4.07. The zero-order chi connectivity index (χ0) is 19.1. The highest BCUT2D eigenvalue weighted by Gasteiger charge is 2.17. The monoisotopic (exact) mass is 412 g/mol. The highest BCUT2D eigenvalue weighted by molar-refractivity contribution is 9.10. The standard InChI is InChI=1S/C17H25BrN4O3/c1-12-8-13(18)6-7-14(12)19-15(23)9-21(4)10-17(25)22(5)11-16(24)20(2)3/h6-8H,9-11H2,1-5H3,(H,19,23). The van der Waals surface area contributed by atoms with Crippen molar-refractivity contribution < 1.29 is 14.4 Å². The van der Waals surface area contributed by atoms with E-state index >= 15 is 0 Å². The van der Waals surface area contributed by atoms with E-state index in [1.165, 1.54) is 9.80 Å². The van der Waals surface area contributed by atoms with Gasteiger partial charge in [-0.3, -0.25) is 19.3 Å². The third kappa shape index (κ3) is 7.23. The molecule has 7 nitrogen and oxygen atoms in total. The van der Waals surface area contributed by atoms with E-state index in [-0.39, 0.29) is 37.4 Å². The van der Waals surface area contributed by atoms with Gasteiger partial charge in [0.25, 0.3) is 0 Å². The average Bonchev–Trinajstić information content (AvgIpc) is 2.49. The van der Waals surface area contributed by atoms with E-state index in [0.29, 0.717) is 0 Å². The number of carbonyl (C=O) groups excluding carboxylic acids is 3. The number of rotatable bonds is 7. The molecule has 1 rings (SSSR count). The first-order valence-corrected chi connectivity index (χ1v) is 8.58. The van der Waals surface area contributed by atoms with Gasteiger partial charge in [0.1, 0.15) is 0 Å². The van der Waals surface area contributed by atoms with Crippen molar-refractivity contribution in [1.29, 1.82) is 0 Å². The van der Waals surface area contributed by atoms with E-state index in [2.05, 4.69) is 21.2 Å². The largest absolute Gasteiger partial charge is 0.347 e. The first-order valence-electron chi connectivity index (χ1n) is 7.78. The molecule has 0 bridgehead atoms. The van der Waals surface area contributed by atoms with E-state index in [0.717, 1.165) is 15.7 Å². The first kappa shape index (κ1) is 21.1. The van der Waals surface area contributed by atoms with E-state index in [9.17, 15) is 14.4 Å². The molecular weight excluding hydrogens is 388 g/mol. The molecule has 0 aliphatic heterocycles. The van der Waals surface area contributed by atoms with Crippen molar-refractivity contribution in [3.05, 3.63) is 28.2 Å². The molecule has 8 heteroatoms. The van der Waals surface area contributed by atoms with E-state index in [4.69, 9.17) is 0 Å². The summed E-state index contributed by atoms with van der Waals surface area (Å²) in [6, 6.07) is 5.59. The summed E-state index contributed by atoms with van der Waals surface area (Å²) in [5.74, 6) is -0.569. The molecule has 0 spiro atoms. The van der Waals surface area contributed by atoms with Gasteiger partial charge in [0.2, 0.25) is 17.7 Å². The number of hydrogen-bond acceptors (Lipinski definition) is 4. The molecule has 1 aromatic carbocycles. The van der Waals surface area contributed by atoms with Gasteiger partial charge in [0, 0.05) is 31.3 Å². The molecule has 0 saturated heterocycles. The summed E-state index contributed by atoms with van der Waals surface area (Å²) in [7, 11) is 6.54. The smallest absolute Gasteiger partial charge is 0.241 e. The normalized spacial score (nSPS) is 10.5. The Morgan fingerprint density at radius 3 is 2.20 bits per heavy atom. The van der Waals surface area contributed by atoms with Crippen molar-refractivity contribution in [3.8, 4) is 0 Å². The molecule has 0 radical (unpaired) electrons. The van der Waals surface area contributed by atoms with Crippen LogP contribution < -0.4 is 5.32 Å². The molecule has 3 amide bonds. The summed E-state index contributed by atoms with van der Waals surface area (Å²) in [4.78, 5) is 40.3. The number of carbonyl (C=O) groups is 3. The van der Waals surface area contributed by atoms with E-state index in [1.54, 1.807) is 33.1 Å². The maximum atomic E-state index is 12.1. The number of nitrogens with one attached hydrogen (secondary N) is 1. The van der Waals surface area contributed by atoms with Crippen molar-refractivity contribution in [2.45, 2.75) is 6.92 Å². The fraction of sp³-hybridized carbons (Fsp3) is 0.471. The van der Waals surface area contributed by atoms with Crippen molar-refractivity contribution >= 4 is 39.3 Å². The quantitative estimate of drug-likeness (QED) is 0.729. The maximum Gasteiger partial charge on any atom is 0.241 e. The molecular formula is C17H25BrN4O3. The van der Waals surface area contributed by atoms with Crippen molar-refractivity contribution in [3.63, 3.8) is 0 Å². The van der Waals surface area contributed by atoms with Crippen LogP contribution in [0.25, 0.3) is 0 Å². The lowest BCUT2D eigenvalue weighted by Crippen LogP contribution is -2.43. The van der Waals surface area contributed by atoms with Crippen molar-refractivity contribution in [2.75, 3.05) is 53.1 Å². The van der Waals surface area contributed by atoms with Crippen LogP contribution in [0, 0.1) is 6.92 Å². The van der Waals surface area contributed by atoms with Crippen molar-refractivity contribution in [2.24, 2.45) is 0 Å². The number of aryl methyl sites for hydroxylation is 1. The Hall–Kier alpha value is -1.93. The van der Waals surface area contributed by atoms with Gasteiger partial charge in [-0.1, -0.05) is 15.9 Å². The van der Waals surface area contributed by atoms with Gasteiger partial charge in [-0.2, -0.15) is 0 Å². The lowest BCUT2D eigenvalue weighted by Gasteiger charge is -2.22. The second-order valence-corrected chi connectivity index (χ2v) is 7.13. The van der Waals surface area contributed by atoms with Crippen LogP contribution >= 0.6 is 15.9 Å². The SMILES string of the molecule is Cc1cc(Br)ccc1NC(=O)CN(C)CC(=O)N(C)CC(=O)N(C)C. The zero-order valence-electron chi connectivity index (χ0n) is 15.3. The maximum absolute atomic E-state index is 12.1. The van der Waals surface area contributed by atoms with Gasteiger partial charge < -0.3 is 15.1 Å². The van der Waals surface area contributed by atoms with Crippen LogP contribution in [-0.2, 0) is 14.4 Å².